The van der Waals surface area contributed by atoms with Crippen LogP contribution in [-0.2, 0) is 0 Å². The van der Waals surface area contributed by atoms with Gasteiger partial charge in [0, 0.05) is 0 Å². The highest BCUT2D eigenvalue weighted by Gasteiger charge is 2.13. The lowest BCUT2D eigenvalue weighted by Crippen LogP contribution is -2.22. The zero-order chi connectivity index (χ0) is 6.69. The van der Waals surface area contributed by atoms with Crippen molar-refractivity contribution in [2.45, 2.75) is 31.5 Å². The largest absolute Gasteiger partial charge is 0.390 e. The molecular formula is C7H12O2. The summed E-state index contributed by atoms with van der Waals surface area (Å²) in [5.74, 6) is 0. The fourth-order valence-corrected chi connectivity index (χ4v) is 0.980. The van der Waals surface area contributed by atoms with Gasteiger partial charge in [0.15, 0.2) is 0 Å². The molecule has 0 amide bonds. The lowest BCUT2D eigenvalue weighted by Gasteiger charge is -2.10. The van der Waals surface area contributed by atoms with Crippen molar-refractivity contribution in [2.75, 3.05) is 0 Å². The third kappa shape index (κ3) is 1.80. The molecule has 1 aliphatic rings. The molecule has 0 radical (unpaired) electrons. The number of rotatable bonds is 0. The summed E-state index contributed by atoms with van der Waals surface area (Å²) in [5.41, 5.74) is 0. The monoisotopic (exact) mass is 128 g/mol. The van der Waals surface area contributed by atoms with Crippen LogP contribution in [0.4, 0.5) is 0 Å². The van der Waals surface area contributed by atoms with Crippen LogP contribution in [0.5, 0.6) is 0 Å². The number of hydrogen-bond acceptors (Lipinski definition) is 2. The van der Waals surface area contributed by atoms with Crippen LogP contribution in [0.15, 0.2) is 12.2 Å². The Hall–Kier alpha value is -0.340. The Labute approximate surface area is 54.8 Å². The van der Waals surface area contributed by atoms with Gasteiger partial charge < -0.3 is 10.2 Å². The molecule has 0 spiro atoms. The second-order valence-electron chi connectivity index (χ2n) is 2.42. The maximum absolute atomic E-state index is 9.06. The molecule has 2 nitrogen and oxygen atoms in total. The summed E-state index contributed by atoms with van der Waals surface area (Å²) in [6.45, 7) is 0. The van der Waals surface area contributed by atoms with E-state index >= 15 is 0 Å². The maximum Gasteiger partial charge on any atom is 0.0979 e. The van der Waals surface area contributed by atoms with E-state index in [2.05, 4.69) is 0 Å². The Bertz CT molecular complexity index is 109. The summed E-state index contributed by atoms with van der Waals surface area (Å²) in [6.07, 6.45) is 5.09. The van der Waals surface area contributed by atoms with E-state index in [0.717, 1.165) is 12.8 Å². The van der Waals surface area contributed by atoms with Crippen LogP contribution in [0.2, 0.25) is 0 Å². The summed E-state index contributed by atoms with van der Waals surface area (Å²) in [6, 6.07) is 0. The maximum atomic E-state index is 9.06. The number of aliphatic hydroxyl groups excluding tert-OH is 2. The molecule has 0 aromatic rings. The minimum Gasteiger partial charge on any atom is -0.390 e. The van der Waals surface area contributed by atoms with Crippen molar-refractivity contribution in [1.82, 2.24) is 0 Å². The molecule has 0 bridgehead atoms. The lowest BCUT2D eigenvalue weighted by atomic mass is 10.1. The van der Waals surface area contributed by atoms with Crippen molar-refractivity contribution in [3.8, 4) is 0 Å². The molecule has 2 N–H and O–H groups in total. The van der Waals surface area contributed by atoms with E-state index in [4.69, 9.17) is 10.2 Å². The quantitative estimate of drug-likeness (QED) is 0.465. The van der Waals surface area contributed by atoms with Crippen LogP contribution in [-0.4, -0.2) is 22.4 Å². The molecule has 9 heavy (non-hydrogen) atoms. The summed E-state index contributed by atoms with van der Waals surface area (Å²) in [7, 11) is 0. The fourth-order valence-electron chi connectivity index (χ4n) is 0.980. The van der Waals surface area contributed by atoms with Gasteiger partial charge in [-0.3, -0.25) is 0 Å². The molecule has 1 aliphatic carbocycles. The first-order valence-electron chi connectivity index (χ1n) is 3.33. The van der Waals surface area contributed by atoms with Gasteiger partial charge in [-0.2, -0.15) is 0 Å². The molecule has 0 aliphatic heterocycles. The highest BCUT2D eigenvalue weighted by molar-refractivity contribution is 4.94. The van der Waals surface area contributed by atoms with Gasteiger partial charge in [-0.15, -0.1) is 0 Å². The standard InChI is InChI=1S/C7H12O2/c8-6-4-2-1-3-5-7(6)9/h2,4,6-9H,1,3,5H2/t6-,7-/m0/s1. The van der Waals surface area contributed by atoms with E-state index in [9.17, 15) is 0 Å². The topological polar surface area (TPSA) is 40.5 Å². The van der Waals surface area contributed by atoms with E-state index < -0.39 is 12.2 Å². The predicted octanol–water partition coefficient (Wildman–Crippen LogP) is 0.448. The number of aliphatic hydroxyl groups is 2. The second kappa shape index (κ2) is 2.99. The first-order valence-corrected chi connectivity index (χ1v) is 3.33. The summed E-state index contributed by atoms with van der Waals surface area (Å²) < 4.78 is 0. The zero-order valence-electron chi connectivity index (χ0n) is 5.33. The third-order valence-electron chi connectivity index (χ3n) is 1.60. The van der Waals surface area contributed by atoms with Crippen LogP contribution >= 0.6 is 0 Å². The van der Waals surface area contributed by atoms with Gasteiger partial charge in [0.2, 0.25) is 0 Å². The van der Waals surface area contributed by atoms with Gasteiger partial charge in [-0.05, 0) is 19.3 Å². The minimum absolute atomic E-state index is 0.538. The van der Waals surface area contributed by atoms with Gasteiger partial charge >= 0.3 is 0 Å². The highest BCUT2D eigenvalue weighted by Crippen LogP contribution is 2.11. The van der Waals surface area contributed by atoms with Gasteiger partial charge in [0.25, 0.3) is 0 Å². The van der Waals surface area contributed by atoms with Gasteiger partial charge in [0.05, 0.1) is 12.2 Å². The van der Waals surface area contributed by atoms with Crippen molar-refractivity contribution < 1.29 is 10.2 Å². The van der Waals surface area contributed by atoms with Crippen molar-refractivity contribution >= 4 is 0 Å². The molecule has 2 atom stereocenters. The van der Waals surface area contributed by atoms with E-state index in [1.807, 2.05) is 6.08 Å². The predicted molar refractivity (Wildman–Crippen MR) is 35.0 cm³/mol. The van der Waals surface area contributed by atoms with E-state index in [-0.39, 0.29) is 0 Å². The number of hydrogen-bond donors (Lipinski definition) is 2. The Balaban J connectivity index is 2.46. The van der Waals surface area contributed by atoms with E-state index in [0.29, 0.717) is 6.42 Å². The minimum atomic E-state index is -0.632. The molecule has 0 heterocycles. The average Bonchev–Trinajstić information content (AvgIpc) is 1.99. The van der Waals surface area contributed by atoms with Crippen molar-refractivity contribution in [2.24, 2.45) is 0 Å². The first-order chi connectivity index (χ1) is 4.30. The zero-order valence-corrected chi connectivity index (χ0v) is 5.33. The van der Waals surface area contributed by atoms with Crippen LogP contribution in [0.3, 0.4) is 0 Å². The van der Waals surface area contributed by atoms with Crippen LogP contribution in [0.25, 0.3) is 0 Å². The second-order valence-corrected chi connectivity index (χ2v) is 2.42. The SMILES string of the molecule is O[C@H]1C=CCCC[C@@H]1O. The Morgan fingerprint density at radius 3 is 2.89 bits per heavy atom. The molecular weight excluding hydrogens is 116 g/mol. The van der Waals surface area contributed by atoms with Gasteiger partial charge in [-0.1, -0.05) is 12.2 Å². The molecule has 0 aromatic carbocycles. The molecule has 0 saturated carbocycles. The summed E-state index contributed by atoms with van der Waals surface area (Å²) in [5, 5.41) is 18.1. The lowest BCUT2D eigenvalue weighted by molar-refractivity contribution is 0.0444. The van der Waals surface area contributed by atoms with Crippen molar-refractivity contribution in [3.05, 3.63) is 12.2 Å². The average molecular weight is 128 g/mol. The Morgan fingerprint density at radius 2 is 2.11 bits per heavy atom. The molecule has 0 aromatic heterocycles. The highest BCUT2D eigenvalue weighted by atomic mass is 16.3. The molecule has 2 heteroatoms. The first kappa shape index (κ1) is 6.78. The Kier molecular flexibility index (Phi) is 2.25. The van der Waals surface area contributed by atoms with E-state index in [1.54, 1.807) is 6.08 Å². The fraction of sp³-hybridized carbons (Fsp3) is 0.714. The molecule has 52 valence electrons. The van der Waals surface area contributed by atoms with Gasteiger partial charge in [-0.25, -0.2) is 0 Å². The van der Waals surface area contributed by atoms with Crippen molar-refractivity contribution in [3.63, 3.8) is 0 Å². The normalized spacial score (nSPS) is 36.2. The molecule has 0 unspecified atom stereocenters. The van der Waals surface area contributed by atoms with Crippen molar-refractivity contribution in [1.29, 1.82) is 0 Å². The third-order valence-corrected chi connectivity index (χ3v) is 1.60. The smallest absolute Gasteiger partial charge is 0.0979 e. The summed E-state index contributed by atoms with van der Waals surface area (Å²) in [4.78, 5) is 0. The number of allylic oxidation sites excluding steroid dienone is 1. The van der Waals surface area contributed by atoms with Crippen LogP contribution in [0, 0.1) is 0 Å². The molecule has 0 saturated heterocycles. The molecule has 1 rings (SSSR count). The molecule has 0 fully saturated rings. The van der Waals surface area contributed by atoms with Crippen LogP contribution < -0.4 is 0 Å². The van der Waals surface area contributed by atoms with E-state index in [1.165, 1.54) is 0 Å². The van der Waals surface area contributed by atoms with Gasteiger partial charge in [0.1, 0.15) is 0 Å². The summed E-state index contributed by atoms with van der Waals surface area (Å²) >= 11 is 0. The van der Waals surface area contributed by atoms with Crippen LogP contribution in [0.1, 0.15) is 19.3 Å². The Morgan fingerprint density at radius 1 is 1.33 bits per heavy atom.